The number of nitrogens with zero attached hydrogens (tertiary/aromatic N) is 2. The van der Waals surface area contributed by atoms with Gasteiger partial charge in [-0.05, 0) is 55.2 Å². The van der Waals surface area contributed by atoms with E-state index in [1.165, 1.54) is 5.56 Å². The molecule has 1 fully saturated rings. The number of amides is 1. The number of hydrogen-bond acceptors (Lipinski definition) is 3. The molecule has 2 aromatic rings. The standard InChI is InChI=1S/C27H35FN2O2/c1-22(31)30-16-14-27(15-17-30)13-7-6-9-23-8-3-5-12-26(23)32-19-18-29(21-27)20-24-10-2-4-11-25(24)28/h2-5,8,10-12H,6-7,9,13-21H2,1H3. The molecule has 2 aromatic carbocycles. The van der Waals surface area contributed by atoms with E-state index in [0.29, 0.717) is 13.2 Å². The summed E-state index contributed by atoms with van der Waals surface area (Å²) in [6, 6.07) is 15.4. The molecule has 0 saturated carbocycles. The molecule has 0 bridgehead atoms. The van der Waals surface area contributed by atoms with Gasteiger partial charge in [0.1, 0.15) is 18.2 Å². The van der Waals surface area contributed by atoms with Crippen molar-refractivity contribution in [3.8, 4) is 5.75 Å². The fourth-order valence-corrected chi connectivity index (χ4v) is 5.29. The summed E-state index contributed by atoms with van der Waals surface area (Å²) in [5, 5.41) is 0. The Morgan fingerprint density at radius 3 is 2.53 bits per heavy atom. The number of carbonyl (C=O) groups is 1. The molecule has 32 heavy (non-hydrogen) atoms. The lowest BCUT2D eigenvalue weighted by atomic mass is 9.73. The lowest BCUT2D eigenvalue weighted by molar-refractivity contribution is -0.131. The van der Waals surface area contributed by atoms with Crippen molar-refractivity contribution in [3.05, 3.63) is 65.5 Å². The molecular formula is C27H35FN2O2. The maximum absolute atomic E-state index is 14.5. The second-order valence-corrected chi connectivity index (χ2v) is 9.47. The van der Waals surface area contributed by atoms with Crippen LogP contribution in [-0.2, 0) is 17.8 Å². The smallest absolute Gasteiger partial charge is 0.219 e. The third-order valence-corrected chi connectivity index (χ3v) is 7.22. The van der Waals surface area contributed by atoms with Crippen molar-refractivity contribution in [3.63, 3.8) is 0 Å². The number of hydrogen-bond donors (Lipinski definition) is 0. The normalized spacial score (nSPS) is 20.0. The van der Waals surface area contributed by atoms with Crippen molar-refractivity contribution < 1.29 is 13.9 Å². The molecule has 0 aromatic heterocycles. The maximum Gasteiger partial charge on any atom is 0.219 e. The first-order valence-corrected chi connectivity index (χ1v) is 12.0. The number of ether oxygens (including phenoxy) is 1. The van der Waals surface area contributed by atoms with E-state index in [-0.39, 0.29) is 17.1 Å². The van der Waals surface area contributed by atoms with Crippen LogP contribution in [0.4, 0.5) is 4.39 Å². The number of piperidine rings is 1. The van der Waals surface area contributed by atoms with Gasteiger partial charge < -0.3 is 9.64 Å². The first kappa shape index (κ1) is 22.8. The Hall–Kier alpha value is -2.40. The molecule has 1 spiro atoms. The predicted octanol–water partition coefficient (Wildman–Crippen LogP) is 5.06. The fraction of sp³-hybridized carbons (Fsp3) is 0.519. The maximum atomic E-state index is 14.5. The number of carbonyl (C=O) groups excluding carboxylic acids is 1. The van der Waals surface area contributed by atoms with E-state index in [1.807, 2.05) is 23.1 Å². The zero-order valence-corrected chi connectivity index (χ0v) is 19.2. The van der Waals surface area contributed by atoms with Crippen LogP contribution in [0.2, 0.25) is 0 Å². The summed E-state index contributed by atoms with van der Waals surface area (Å²) in [7, 11) is 0. The van der Waals surface area contributed by atoms with E-state index in [4.69, 9.17) is 4.74 Å². The lowest BCUT2D eigenvalue weighted by Crippen LogP contribution is -2.48. The minimum atomic E-state index is -0.148. The number of para-hydroxylation sites is 1. The van der Waals surface area contributed by atoms with E-state index < -0.39 is 0 Å². The van der Waals surface area contributed by atoms with Crippen LogP contribution in [0.1, 0.15) is 50.2 Å². The van der Waals surface area contributed by atoms with Gasteiger partial charge in [0.15, 0.2) is 0 Å². The minimum Gasteiger partial charge on any atom is -0.492 e. The third-order valence-electron chi connectivity index (χ3n) is 7.22. The zero-order valence-electron chi connectivity index (χ0n) is 19.2. The first-order valence-electron chi connectivity index (χ1n) is 12.0. The highest BCUT2D eigenvalue weighted by Gasteiger charge is 2.36. The topological polar surface area (TPSA) is 32.8 Å². The summed E-state index contributed by atoms with van der Waals surface area (Å²) < 4.78 is 20.7. The third kappa shape index (κ3) is 5.69. The molecule has 172 valence electrons. The average Bonchev–Trinajstić information content (AvgIpc) is 2.79. The Bertz CT molecular complexity index is 908. The zero-order chi connectivity index (χ0) is 22.4. The second-order valence-electron chi connectivity index (χ2n) is 9.47. The Morgan fingerprint density at radius 2 is 1.75 bits per heavy atom. The predicted molar refractivity (Wildman–Crippen MR) is 125 cm³/mol. The molecular weight excluding hydrogens is 403 g/mol. The Morgan fingerprint density at radius 1 is 1.00 bits per heavy atom. The van der Waals surface area contributed by atoms with Gasteiger partial charge in [-0.3, -0.25) is 9.69 Å². The van der Waals surface area contributed by atoms with Gasteiger partial charge in [-0.15, -0.1) is 0 Å². The molecule has 4 rings (SSSR count). The molecule has 2 aliphatic rings. The SMILES string of the molecule is CC(=O)N1CCC2(CCCCc3ccccc3OCCN(Cc3ccccc3F)C2)CC1. The van der Waals surface area contributed by atoms with E-state index in [9.17, 15) is 9.18 Å². The van der Waals surface area contributed by atoms with E-state index >= 15 is 0 Å². The summed E-state index contributed by atoms with van der Waals surface area (Å²) >= 11 is 0. The molecule has 0 aliphatic carbocycles. The van der Waals surface area contributed by atoms with Gasteiger partial charge in [0.25, 0.3) is 0 Å². The van der Waals surface area contributed by atoms with Crippen LogP contribution in [0.25, 0.3) is 0 Å². The van der Waals surface area contributed by atoms with Crippen molar-refractivity contribution in [2.75, 3.05) is 32.8 Å². The molecule has 0 unspecified atom stereocenters. The van der Waals surface area contributed by atoms with Crippen LogP contribution in [0.3, 0.4) is 0 Å². The quantitative estimate of drug-likeness (QED) is 0.657. The van der Waals surface area contributed by atoms with Crippen LogP contribution >= 0.6 is 0 Å². The minimum absolute atomic E-state index is 0.148. The van der Waals surface area contributed by atoms with Crippen molar-refractivity contribution in [1.82, 2.24) is 9.80 Å². The van der Waals surface area contributed by atoms with Gasteiger partial charge in [-0.25, -0.2) is 4.39 Å². The fourth-order valence-electron chi connectivity index (χ4n) is 5.29. The molecule has 2 aliphatic heterocycles. The van der Waals surface area contributed by atoms with Crippen LogP contribution < -0.4 is 4.74 Å². The summed E-state index contributed by atoms with van der Waals surface area (Å²) in [5.41, 5.74) is 2.17. The number of likely N-dealkylation sites (tertiary alicyclic amines) is 1. The summed E-state index contributed by atoms with van der Waals surface area (Å²) in [5.74, 6) is 0.995. The van der Waals surface area contributed by atoms with Crippen molar-refractivity contribution in [2.24, 2.45) is 5.41 Å². The number of rotatable bonds is 2. The molecule has 5 heteroatoms. The highest BCUT2D eigenvalue weighted by atomic mass is 19.1. The van der Waals surface area contributed by atoms with Crippen LogP contribution in [0, 0.1) is 11.2 Å². The van der Waals surface area contributed by atoms with Gasteiger partial charge in [0, 0.05) is 45.2 Å². The number of fused-ring (bicyclic) bond motifs is 1. The molecule has 4 nitrogen and oxygen atoms in total. The highest BCUT2D eigenvalue weighted by molar-refractivity contribution is 5.73. The first-order chi connectivity index (χ1) is 15.5. The van der Waals surface area contributed by atoms with Crippen LogP contribution in [0.15, 0.2) is 48.5 Å². The van der Waals surface area contributed by atoms with Crippen molar-refractivity contribution in [1.29, 1.82) is 0 Å². The summed E-state index contributed by atoms with van der Waals surface area (Å²) in [6.45, 7) is 6.14. The van der Waals surface area contributed by atoms with Crippen molar-refractivity contribution in [2.45, 2.75) is 52.0 Å². The molecule has 2 heterocycles. The molecule has 0 radical (unpaired) electrons. The Balaban J connectivity index is 1.55. The Kier molecular flexibility index (Phi) is 7.46. The van der Waals surface area contributed by atoms with Crippen molar-refractivity contribution >= 4 is 5.91 Å². The summed E-state index contributed by atoms with van der Waals surface area (Å²) in [6.07, 6.45) is 6.49. The van der Waals surface area contributed by atoms with Gasteiger partial charge >= 0.3 is 0 Å². The number of halogens is 1. The molecule has 0 N–H and O–H groups in total. The van der Waals surface area contributed by atoms with E-state index in [2.05, 4.69) is 23.1 Å². The second kappa shape index (κ2) is 10.5. The monoisotopic (exact) mass is 438 g/mol. The van der Waals surface area contributed by atoms with Crippen LogP contribution in [0.5, 0.6) is 5.75 Å². The van der Waals surface area contributed by atoms with Gasteiger partial charge in [0.2, 0.25) is 5.91 Å². The largest absolute Gasteiger partial charge is 0.492 e. The van der Waals surface area contributed by atoms with E-state index in [0.717, 1.165) is 76.0 Å². The van der Waals surface area contributed by atoms with Gasteiger partial charge in [0.05, 0.1) is 0 Å². The van der Waals surface area contributed by atoms with E-state index in [1.54, 1.807) is 19.1 Å². The number of aryl methyl sites for hydroxylation is 1. The number of benzene rings is 2. The van der Waals surface area contributed by atoms with Gasteiger partial charge in [-0.2, -0.15) is 0 Å². The lowest BCUT2D eigenvalue weighted by Gasteiger charge is -2.45. The van der Waals surface area contributed by atoms with Crippen LogP contribution in [-0.4, -0.2) is 48.5 Å². The summed E-state index contributed by atoms with van der Waals surface area (Å²) in [4.78, 5) is 16.2. The molecule has 0 atom stereocenters. The highest BCUT2D eigenvalue weighted by Crippen LogP contribution is 2.38. The average molecular weight is 439 g/mol. The molecule has 1 saturated heterocycles. The van der Waals surface area contributed by atoms with Gasteiger partial charge in [-0.1, -0.05) is 42.8 Å². The molecule has 1 amide bonds. The Labute approximate surface area is 191 Å².